The molecule has 0 saturated carbocycles. The average Bonchev–Trinajstić information content (AvgIpc) is 2.74. The lowest BCUT2D eigenvalue weighted by Gasteiger charge is -2.28. The van der Waals surface area contributed by atoms with Crippen molar-refractivity contribution in [2.75, 3.05) is 37.0 Å². The summed E-state index contributed by atoms with van der Waals surface area (Å²) >= 11 is 0. The molecule has 6 nitrogen and oxygen atoms in total. The van der Waals surface area contributed by atoms with Crippen LogP contribution in [0.4, 0.5) is 11.5 Å². The zero-order valence-electron chi connectivity index (χ0n) is 16.7. The fourth-order valence-electron chi connectivity index (χ4n) is 3.97. The maximum absolute atomic E-state index is 5.78. The number of para-hydroxylation sites is 1. The molecular weight excluding hydrogens is 364 g/mol. The summed E-state index contributed by atoms with van der Waals surface area (Å²) in [6, 6.07) is 16.6. The van der Waals surface area contributed by atoms with E-state index in [2.05, 4.69) is 45.4 Å². The largest absolute Gasteiger partial charge is 0.493 e. The Labute approximate surface area is 170 Å². The predicted octanol–water partition coefficient (Wildman–Crippen LogP) is 4.22. The molecule has 0 spiro atoms. The van der Waals surface area contributed by atoms with E-state index in [4.69, 9.17) is 9.47 Å². The Morgan fingerprint density at radius 1 is 1.00 bits per heavy atom. The van der Waals surface area contributed by atoms with Crippen molar-refractivity contribution >= 4 is 11.5 Å². The monoisotopic (exact) mass is 388 g/mol. The Balaban J connectivity index is 1.47. The third-order valence-corrected chi connectivity index (χ3v) is 5.47. The van der Waals surface area contributed by atoms with E-state index in [9.17, 15) is 0 Å². The summed E-state index contributed by atoms with van der Waals surface area (Å²) in [4.78, 5) is 11.5. The molecular formula is C23H24N4O2. The second-order valence-electron chi connectivity index (χ2n) is 7.51. The van der Waals surface area contributed by atoms with Crippen LogP contribution in [0.1, 0.15) is 23.9 Å². The lowest BCUT2D eigenvalue weighted by Crippen LogP contribution is -2.28. The van der Waals surface area contributed by atoms with Gasteiger partial charge in [0.25, 0.3) is 0 Å². The second-order valence-corrected chi connectivity index (χ2v) is 7.51. The minimum absolute atomic E-state index is 0.171. The van der Waals surface area contributed by atoms with Crippen molar-refractivity contribution in [3.05, 3.63) is 59.9 Å². The van der Waals surface area contributed by atoms with Crippen molar-refractivity contribution in [3.8, 4) is 22.8 Å². The predicted molar refractivity (Wildman–Crippen MR) is 114 cm³/mol. The fourth-order valence-corrected chi connectivity index (χ4v) is 3.97. The van der Waals surface area contributed by atoms with Crippen molar-refractivity contribution in [2.24, 2.45) is 0 Å². The molecule has 1 atom stereocenters. The van der Waals surface area contributed by atoms with Crippen LogP contribution >= 0.6 is 0 Å². The zero-order chi connectivity index (χ0) is 19.8. The SMILES string of the molecule is Cc1nc(NC2CCOc3ccccc32)cc(-c2ccc3c(c2)N(C)CCO3)n1. The van der Waals surface area contributed by atoms with Gasteiger partial charge in [-0.3, -0.25) is 0 Å². The number of fused-ring (bicyclic) bond motifs is 2. The molecule has 0 aliphatic carbocycles. The highest BCUT2D eigenvalue weighted by Gasteiger charge is 2.22. The van der Waals surface area contributed by atoms with E-state index < -0.39 is 0 Å². The van der Waals surface area contributed by atoms with Crippen molar-refractivity contribution in [2.45, 2.75) is 19.4 Å². The van der Waals surface area contributed by atoms with E-state index in [-0.39, 0.29) is 6.04 Å². The van der Waals surface area contributed by atoms with Gasteiger partial charge in [0.15, 0.2) is 0 Å². The number of likely N-dealkylation sites (N-methyl/N-ethyl adjacent to an activating group) is 1. The highest BCUT2D eigenvalue weighted by atomic mass is 16.5. The van der Waals surface area contributed by atoms with Crippen molar-refractivity contribution in [1.82, 2.24) is 9.97 Å². The number of hydrogen-bond acceptors (Lipinski definition) is 6. The van der Waals surface area contributed by atoms with Gasteiger partial charge in [-0.25, -0.2) is 9.97 Å². The van der Waals surface area contributed by atoms with E-state index >= 15 is 0 Å². The molecule has 5 rings (SSSR count). The molecule has 0 bridgehead atoms. The van der Waals surface area contributed by atoms with Gasteiger partial charge < -0.3 is 19.7 Å². The van der Waals surface area contributed by atoms with Crippen LogP contribution in [0.3, 0.4) is 0 Å². The van der Waals surface area contributed by atoms with E-state index in [1.807, 2.05) is 37.3 Å². The number of aryl methyl sites for hydroxylation is 1. The van der Waals surface area contributed by atoms with E-state index in [0.29, 0.717) is 6.61 Å². The van der Waals surface area contributed by atoms with Gasteiger partial charge in [0.05, 0.1) is 30.6 Å². The Hall–Kier alpha value is -3.28. The molecule has 2 aliphatic rings. The Morgan fingerprint density at radius 2 is 1.86 bits per heavy atom. The molecule has 1 aromatic heterocycles. The van der Waals surface area contributed by atoms with Crippen molar-refractivity contribution < 1.29 is 9.47 Å². The second kappa shape index (κ2) is 7.28. The fraction of sp³-hybridized carbons (Fsp3) is 0.304. The van der Waals surface area contributed by atoms with Gasteiger partial charge >= 0.3 is 0 Å². The number of aromatic nitrogens is 2. The molecule has 1 unspecified atom stereocenters. The van der Waals surface area contributed by atoms with Gasteiger partial charge in [-0.2, -0.15) is 0 Å². The molecule has 3 heterocycles. The standard InChI is InChI=1S/C23H24N4O2/c1-15-24-19(16-7-8-22-20(13-16)27(2)10-12-29-22)14-23(25-15)26-18-9-11-28-21-6-4-3-5-17(18)21/h3-8,13-14,18H,9-12H2,1-2H3,(H,24,25,26). The molecule has 0 radical (unpaired) electrons. The lowest BCUT2D eigenvalue weighted by molar-refractivity contribution is 0.274. The molecule has 2 aromatic carbocycles. The minimum atomic E-state index is 0.171. The van der Waals surface area contributed by atoms with Crippen LogP contribution < -0.4 is 19.7 Å². The first-order chi connectivity index (χ1) is 14.2. The van der Waals surface area contributed by atoms with Crippen LogP contribution in [-0.2, 0) is 0 Å². The van der Waals surface area contributed by atoms with Gasteiger partial charge in [-0.15, -0.1) is 0 Å². The quantitative estimate of drug-likeness (QED) is 0.725. The van der Waals surface area contributed by atoms with Gasteiger partial charge in [0, 0.05) is 30.7 Å². The highest BCUT2D eigenvalue weighted by molar-refractivity contribution is 5.72. The smallest absolute Gasteiger partial charge is 0.142 e. The van der Waals surface area contributed by atoms with Crippen molar-refractivity contribution in [3.63, 3.8) is 0 Å². The summed E-state index contributed by atoms with van der Waals surface area (Å²) in [5, 5.41) is 3.59. The maximum atomic E-state index is 5.78. The summed E-state index contributed by atoms with van der Waals surface area (Å²) in [6.07, 6.45) is 0.899. The normalized spacial score (nSPS) is 17.6. The number of hydrogen-bond donors (Lipinski definition) is 1. The Bertz CT molecular complexity index is 1050. The first-order valence-corrected chi connectivity index (χ1v) is 10.00. The molecule has 0 saturated heterocycles. The molecule has 0 fully saturated rings. The van der Waals surface area contributed by atoms with Gasteiger partial charge in [-0.1, -0.05) is 18.2 Å². The summed E-state index contributed by atoms with van der Waals surface area (Å²) < 4.78 is 11.5. The maximum Gasteiger partial charge on any atom is 0.142 e. The summed E-state index contributed by atoms with van der Waals surface area (Å²) in [7, 11) is 2.09. The van der Waals surface area contributed by atoms with Crippen LogP contribution in [0.15, 0.2) is 48.5 Å². The first-order valence-electron chi connectivity index (χ1n) is 10.00. The molecule has 3 aromatic rings. The third kappa shape index (κ3) is 3.46. The van der Waals surface area contributed by atoms with Gasteiger partial charge in [0.1, 0.15) is 29.7 Å². The number of rotatable bonds is 3. The van der Waals surface area contributed by atoms with E-state index in [0.717, 1.165) is 59.7 Å². The summed E-state index contributed by atoms with van der Waals surface area (Å²) in [5.41, 5.74) is 4.23. The van der Waals surface area contributed by atoms with Gasteiger partial charge in [-0.05, 0) is 31.2 Å². The third-order valence-electron chi connectivity index (χ3n) is 5.47. The first kappa shape index (κ1) is 17.8. The van der Waals surface area contributed by atoms with Crippen LogP contribution in [0.2, 0.25) is 0 Å². The van der Waals surface area contributed by atoms with E-state index in [1.165, 1.54) is 5.56 Å². The number of nitrogens with one attached hydrogen (secondary N) is 1. The number of anilines is 2. The van der Waals surface area contributed by atoms with Crippen LogP contribution in [-0.4, -0.2) is 36.8 Å². The van der Waals surface area contributed by atoms with Crippen molar-refractivity contribution in [1.29, 1.82) is 0 Å². The molecule has 6 heteroatoms. The zero-order valence-corrected chi connectivity index (χ0v) is 16.7. The molecule has 29 heavy (non-hydrogen) atoms. The lowest BCUT2D eigenvalue weighted by atomic mass is 10.0. The number of benzene rings is 2. The minimum Gasteiger partial charge on any atom is -0.493 e. The van der Waals surface area contributed by atoms with Gasteiger partial charge in [0.2, 0.25) is 0 Å². The Kier molecular flexibility index (Phi) is 4.46. The Morgan fingerprint density at radius 3 is 2.79 bits per heavy atom. The topological polar surface area (TPSA) is 59.5 Å². The summed E-state index contributed by atoms with van der Waals surface area (Å²) in [6.45, 7) is 4.23. The highest BCUT2D eigenvalue weighted by Crippen LogP contribution is 2.36. The number of ether oxygens (including phenoxy) is 2. The molecule has 1 N–H and O–H groups in total. The molecule has 2 aliphatic heterocycles. The average molecular weight is 388 g/mol. The van der Waals surface area contributed by atoms with Crippen LogP contribution in [0.25, 0.3) is 11.3 Å². The molecule has 0 amide bonds. The molecule has 148 valence electrons. The van der Waals surface area contributed by atoms with Crippen LogP contribution in [0.5, 0.6) is 11.5 Å². The summed E-state index contributed by atoms with van der Waals surface area (Å²) in [5.74, 6) is 3.44. The number of nitrogens with zero attached hydrogens (tertiary/aromatic N) is 3. The van der Waals surface area contributed by atoms with E-state index in [1.54, 1.807) is 0 Å². The van der Waals surface area contributed by atoms with Crippen LogP contribution in [0, 0.1) is 6.92 Å².